The van der Waals surface area contributed by atoms with E-state index in [4.69, 9.17) is 10.00 Å². The molecule has 1 heterocycles. The number of benzene rings is 1. The van der Waals surface area contributed by atoms with Crippen LogP contribution >= 0.6 is 0 Å². The van der Waals surface area contributed by atoms with Gasteiger partial charge in [-0.05, 0) is 12.1 Å². The van der Waals surface area contributed by atoms with Gasteiger partial charge in [0.1, 0.15) is 29.9 Å². The Hall–Kier alpha value is -1.76. The van der Waals surface area contributed by atoms with E-state index in [2.05, 4.69) is 5.32 Å². The van der Waals surface area contributed by atoms with Gasteiger partial charge in [-0.25, -0.2) is 4.39 Å². The Morgan fingerprint density at radius 1 is 1.62 bits per heavy atom. The summed E-state index contributed by atoms with van der Waals surface area (Å²) in [7, 11) is 0. The van der Waals surface area contributed by atoms with Crippen molar-refractivity contribution in [3.63, 3.8) is 0 Å². The molecule has 0 radical (unpaired) electrons. The van der Waals surface area contributed by atoms with Crippen LogP contribution in [-0.4, -0.2) is 12.6 Å². The van der Waals surface area contributed by atoms with Gasteiger partial charge in [0.2, 0.25) is 0 Å². The molecule has 0 aliphatic carbocycles. The topological polar surface area (TPSA) is 45.0 Å². The van der Waals surface area contributed by atoms with E-state index < -0.39 is 11.9 Å². The molecule has 4 heteroatoms. The van der Waals surface area contributed by atoms with Gasteiger partial charge in [-0.2, -0.15) is 5.26 Å². The highest BCUT2D eigenvalue weighted by atomic mass is 19.1. The van der Waals surface area contributed by atoms with E-state index >= 15 is 0 Å². The Morgan fingerprint density at radius 3 is 3.23 bits per heavy atom. The Labute approximate surface area is 74.7 Å². The van der Waals surface area contributed by atoms with Crippen molar-refractivity contribution in [2.75, 3.05) is 11.9 Å². The number of ether oxygens (including phenoxy) is 1. The lowest BCUT2D eigenvalue weighted by Gasteiger charge is -2.23. The van der Waals surface area contributed by atoms with E-state index in [-0.39, 0.29) is 12.3 Å². The molecule has 1 N–H and O–H groups in total. The number of nitrogens with zero attached hydrogens (tertiary/aromatic N) is 1. The zero-order valence-electron chi connectivity index (χ0n) is 6.75. The predicted octanol–water partition coefficient (Wildman–Crippen LogP) is 1.52. The standard InChI is InChI=1S/C9H7FN2O/c10-7-2-1-3-8-9(7)12-6(4-11)5-13-8/h1-3,6,12H,5H2. The molecule has 1 aromatic rings. The van der Waals surface area contributed by atoms with Crippen molar-refractivity contribution in [2.24, 2.45) is 0 Å². The fourth-order valence-electron chi connectivity index (χ4n) is 1.22. The second-order valence-corrected chi connectivity index (χ2v) is 2.75. The summed E-state index contributed by atoms with van der Waals surface area (Å²) in [4.78, 5) is 0. The third-order valence-corrected chi connectivity index (χ3v) is 1.86. The number of rotatable bonds is 0. The minimum absolute atomic E-state index is 0.257. The van der Waals surface area contributed by atoms with Crippen molar-refractivity contribution in [2.45, 2.75) is 6.04 Å². The number of para-hydroxylation sites is 1. The molecule has 66 valence electrons. The van der Waals surface area contributed by atoms with Gasteiger partial charge in [0, 0.05) is 0 Å². The lowest BCUT2D eigenvalue weighted by atomic mass is 10.2. The van der Waals surface area contributed by atoms with Gasteiger partial charge in [-0.3, -0.25) is 0 Å². The molecule has 0 saturated heterocycles. The highest BCUT2D eigenvalue weighted by Gasteiger charge is 2.20. The first-order chi connectivity index (χ1) is 6.31. The quantitative estimate of drug-likeness (QED) is 0.655. The van der Waals surface area contributed by atoms with E-state index in [1.807, 2.05) is 6.07 Å². The smallest absolute Gasteiger partial charge is 0.150 e. The van der Waals surface area contributed by atoms with Gasteiger partial charge >= 0.3 is 0 Å². The molecule has 0 fully saturated rings. The maximum Gasteiger partial charge on any atom is 0.150 e. The molecule has 1 aromatic carbocycles. The summed E-state index contributed by atoms with van der Waals surface area (Å²) in [5, 5.41) is 11.3. The van der Waals surface area contributed by atoms with E-state index in [9.17, 15) is 4.39 Å². The molecule has 1 aliphatic heterocycles. The zero-order valence-corrected chi connectivity index (χ0v) is 6.75. The normalized spacial score (nSPS) is 19.2. The third-order valence-electron chi connectivity index (χ3n) is 1.86. The summed E-state index contributed by atoms with van der Waals surface area (Å²) >= 11 is 0. The van der Waals surface area contributed by atoms with Crippen molar-refractivity contribution < 1.29 is 9.13 Å². The Kier molecular flexibility index (Phi) is 1.78. The predicted molar refractivity (Wildman–Crippen MR) is 44.9 cm³/mol. The fourth-order valence-corrected chi connectivity index (χ4v) is 1.22. The average molecular weight is 178 g/mol. The molecule has 0 amide bonds. The zero-order chi connectivity index (χ0) is 9.26. The number of halogens is 1. The Balaban J connectivity index is 2.39. The SMILES string of the molecule is N#CC1COc2cccc(F)c2N1. The summed E-state index contributed by atoms with van der Waals surface area (Å²) in [6, 6.07) is 6.07. The first-order valence-corrected chi connectivity index (χ1v) is 3.89. The average Bonchev–Trinajstić information content (AvgIpc) is 2.18. The number of hydrogen-bond donors (Lipinski definition) is 1. The van der Waals surface area contributed by atoms with Crippen LogP contribution in [0.2, 0.25) is 0 Å². The molecule has 0 aromatic heterocycles. The van der Waals surface area contributed by atoms with Crippen molar-refractivity contribution in [3.05, 3.63) is 24.0 Å². The van der Waals surface area contributed by atoms with Crippen molar-refractivity contribution in [1.82, 2.24) is 0 Å². The van der Waals surface area contributed by atoms with E-state index in [1.165, 1.54) is 6.07 Å². The third kappa shape index (κ3) is 1.29. The maximum atomic E-state index is 13.1. The lowest BCUT2D eigenvalue weighted by Crippen LogP contribution is -2.30. The summed E-state index contributed by atoms with van der Waals surface area (Å²) in [5.74, 6) is 0.0731. The largest absolute Gasteiger partial charge is 0.488 e. The highest BCUT2D eigenvalue weighted by Crippen LogP contribution is 2.30. The number of nitrogens with one attached hydrogen (secondary N) is 1. The van der Waals surface area contributed by atoms with Crippen LogP contribution in [0.5, 0.6) is 5.75 Å². The number of fused-ring (bicyclic) bond motifs is 1. The summed E-state index contributed by atoms with van der Waals surface area (Å²) in [5.41, 5.74) is 0.278. The van der Waals surface area contributed by atoms with Crippen molar-refractivity contribution >= 4 is 5.69 Å². The maximum absolute atomic E-state index is 13.1. The monoisotopic (exact) mass is 178 g/mol. The van der Waals surface area contributed by atoms with Gasteiger partial charge in [0.15, 0.2) is 0 Å². The second kappa shape index (κ2) is 2.94. The highest BCUT2D eigenvalue weighted by molar-refractivity contribution is 5.60. The van der Waals surface area contributed by atoms with Crippen LogP contribution in [0.3, 0.4) is 0 Å². The van der Waals surface area contributed by atoms with Gasteiger partial charge in [0.05, 0.1) is 6.07 Å². The molecule has 1 unspecified atom stereocenters. The molecule has 1 atom stereocenters. The van der Waals surface area contributed by atoms with Gasteiger partial charge in [-0.15, -0.1) is 0 Å². The summed E-state index contributed by atoms with van der Waals surface area (Å²) in [6.45, 7) is 0.257. The van der Waals surface area contributed by atoms with E-state index in [1.54, 1.807) is 12.1 Å². The van der Waals surface area contributed by atoms with Crippen molar-refractivity contribution in [1.29, 1.82) is 5.26 Å². The van der Waals surface area contributed by atoms with Crippen LogP contribution in [0.4, 0.5) is 10.1 Å². The summed E-state index contributed by atoms with van der Waals surface area (Å²) < 4.78 is 18.3. The molecule has 3 nitrogen and oxygen atoms in total. The van der Waals surface area contributed by atoms with Crippen LogP contribution < -0.4 is 10.1 Å². The molecule has 1 aliphatic rings. The number of nitriles is 1. The molecule has 13 heavy (non-hydrogen) atoms. The first kappa shape index (κ1) is 7.87. The number of hydrogen-bond acceptors (Lipinski definition) is 3. The van der Waals surface area contributed by atoms with Crippen molar-refractivity contribution in [3.8, 4) is 11.8 Å². The summed E-state index contributed by atoms with van der Waals surface area (Å²) in [6.07, 6.45) is 0. The number of anilines is 1. The van der Waals surface area contributed by atoms with Crippen LogP contribution in [0.25, 0.3) is 0 Å². The van der Waals surface area contributed by atoms with Crippen LogP contribution in [0.1, 0.15) is 0 Å². The van der Waals surface area contributed by atoms with E-state index in [0.29, 0.717) is 5.75 Å². The molecular formula is C9H7FN2O. The Bertz CT molecular complexity index is 372. The van der Waals surface area contributed by atoms with Crippen LogP contribution in [0.15, 0.2) is 18.2 Å². The van der Waals surface area contributed by atoms with Gasteiger partial charge in [0.25, 0.3) is 0 Å². The molecule has 0 saturated carbocycles. The van der Waals surface area contributed by atoms with Gasteiger partial charge < -0.3 is 10.1 Å². The Morgan fingerprint density at radius 2 is 2.46 bits per heavy atom. The minimum atomic E-state index is -0.468. The first-order valence-electron chi connectivity index (χ1n) is 3.89. The molecule has 0 spiro atoms. The fraction of sp³-hybridized carbons (Fsp3) is 0.222. The van der Waals surface area contributed by atoms with Crippen LogP contribution in [0, 0.1) is 17.1 Å². The minimum Gasteiger partial charge on any atom is -0.488 e. The molecule has 2 rings (SSSR count). The van der Waals surface area contributed by atoms with E-state index in [0.717, 1.165) is 0 Å². The van der Waals surface area contributed by atoms with Gasteiger partial charge in [-0.1, -0.05) is 6.07 Å². The molecular weight excluding hydrogens is 171 g/mol. The lowest BCUT2D eigenvalue weighted by molar-refractivity contribution is 0.301. The second-order valence-electron chi connectivity index (χ2n) is 2.75. The van der Waals surface area contributed by atoms with Crippen LogP contribution in [-0.2, 0) is 0 Å². The molecule has 0 bridgehead atoms.